The van der Waals surface area contributed by atoms with Gasteiger partial charge >= 0.3 is 0 Å². The maximum atomic E-state index is 12.2. The lowest BCUT2D eigenvalue weighted by Crippen LogP contribution is -2.17. The first-order chi connectivity index (χ1) is 8.29. The second-order valence-corrected chi connectivity index (χ2v) is 6.26. The summed E-state index contributed by atoms with van der Waals surface area (Å²) in [7, 11) is 0. The van der Waals surface area contributed by atoms with Gasteiger partial charge in [0.2, 0.25) is 0 Å². The van der Waals surface area contributed by atoms with Crippen molar-refractivity contribution in [1.29, 1.82) is 0 Å². The third kappa shape index (κ3) is 2.33. The van der Waals surface area contributed by atoms with E-state index < -0.39 is 0 Å². The molecule has 0 fully saturated rings. The first-order valence-electron chi connectivity index (χ1n) is 6.46. The Hall–Kier alpha value is -1.57. The van der Waals surface area contributed by atoms with Crippen molar-refractivity contribution in [2.45, 2.75) is 46.0 Å². The highest BCUT2D eigenvalue weighted by molar-refractivity contribution is 5.79. The number of H-pyrrole nitrogens is 1. The standard InChI is InChI=1S/C16H21NO/c1-10(2)11-6-7-13-12(8-11)14(18)9-15(17-13)16(3,4)5/h6-10H,1-5H3,(H,17,18). The second-order valence-electron chi connectivity index (χ2n) is 6.26. The van der Waals surface area contributed by atoms with Gasteiger partial charge in [0.25, 0.3) is 0 Å². The van der Waals surface area contributed by atoms with Crippen LogP contribution in [0.25, 0.3) is 10.9 Å². The average Bonchev–Trinajstić information content (AvgIpc) is 2.27. The number of benzene rings is 1. The van der Waals surface area contributed by atoms with Gasteiger partial charge in [0.05, 0.1) is 0 Å². The van der Waals surface area contributed by atoms with Crippen molar-refractivity contribution in [3.05, 3.63) is 45.7 Å². The van der Waals surface area contributed by atoms with Gasteiger partial charge in [0.15, 0.2) is 5.43 Å². The van der Waals surface area contributed by atoms with Crippen LogP contribution in [0.2, 0.25) is 0 Å². The molecule has 0 aliphatic carbocycles. The van der Waals surface area contributed by atoms with E-state index in [2.05, 4.69) is 45.7 Å². The molecule has 2 rings (SSSR count). The van der Waals surface area contributed by atoms with Crippen molar-refractivity contribution in [2.75, 3.05) is 0 Å². The third-order valence-corrected chi connectivity index (χ3v) is 3.33. The van der Waals surface area contributed by atoms with Gasteiger partial charge < -0.3 is 4.98 Å². The molecule has 0 saturated carbocycles. The smallest absolute Gasteiger partial charge is 0.189 e. The average molecular weight is 243 g/mol. The van der Waals surface area contributed by atoms with Gasteiger partial charge in [-0.1, -0.05) is 40.7 Å². The number of pyridine rings is 1. The topological polar surface area (TPSA) is 32.9 Å². The molecule has 18 heavy (non-hydrogen) atoms. The zero-order valence-corrected chi connectivity index (χ0v) is 11.8. The Balaban J connectivity index is 2.70. The number of nitrogens with one attached hydrogen (secondary N) is 1. The quantitative estimate of drug-likeness (QED) is 0.808. The van der Waals surface area contributed by atoms with Gasteiger partial charge in [-0.05, 0) is 23.6 Å². The highest BCUT2D eigenvalue weighted by Crippen LogP contribution is 2.23. The van der Waals surface area contributed by atoms with Crippen LogP contribution >= 0.6 is 0 Å². The molecule has 2 heteroatoms. The molecule has 2 aromatic rings. The summed E-state index contributed by atoms with van der Waals surface area (Å²) in [5.41, 5.74) is 3.19. The van der Waals surface area contributed by atoms with E-state index in [4.69, 9.17) is 0 Å². The summed E-state index contributed by atoms with van der Waals surface area (Å²) in [6.45, 7) is 10.6. The van der Waals surface area contributed by atoms with Crippen LogP contribution in [0.1, 0.15) is 51.8 Å². The molecule has 2 nitrogen and oxygen atoms in total. The summed E-state index contributed by atoms with van der Waals surface area (Å²) in [5.74, 6) is 0.441. The zero-order chi connectivity index (χ0) is 13.5. The Morgan fingerprint density at radius 1 is 1.11 bits per heavy atom. The Morgan fingerprint density at radius 3 is 2.33 bits per heavy atom. The van der Waals surface area contributed by atoms with Gasteiger partial charge in [0.1, 0.15) is 0 Å². The highest BCUT2D eigenvalue weighted by Gasteiger charge is 2.16. The van der Waals surface area contributed by atoms with Crippen LogP contribution in [0, 0.1) is 0 Å². The molecule has 0 aliphatic heterocycles. The molecule has 0 bridgehead atoms. The molecular formula is C16H21NO. The summed E-state index contributed by atoms with van der Waals surface area (Å²) < 4.78 is 0. The maximum Gasteiger partial charge on any atom is 0.189 e. The van der Waals surface area contributed by atoms with Crippen molar-refractivity contribution < 1.29 is 0 Å². The molecule has 0 amide bonds. The number of rotatable bonds is 1. The molecule has 1 heterocycles. The molecule has 0 radical (unpaired) electrons. The van der Waals surface area contributed by atoms with Crippen LogP contribution in [0.4, 0.5) is 0 Å². The van der Waals surface area contributed by atoms with E-state index in [0.29, 0.717) is 5.92 Å². The lowest BCUT2D eigenvalue weighted by molar-refractivity contribution is 0.571. The number of hydrogen-bond acceptors (Lipinski definition) is 1. The molecule has 1 aromatic heterocycles. The Morgan fingerprint density at radius 2 is 1.78 bits per heavy atom. The molecule has 96 valence electrons. The fourth-order valence-electron chi connectivity index (χ4n) is 2.03. The Kier molecular flexibility index (Phi) is 3.05. The maximum absolute atomic E-state index is 12.2. The van der Waals surface area contributed by atoms with Gasteiger partial charge in [-0.2, -0.15) is 0 Å². The van der Waals surface area contributed by atoms with Crippen LogP contribution in [-0.4, -0.2) is 4.98 Å². The molecule has 0 saturated heterocycles. The van der Waals surface area contributed by atoms with E-state index in [1.165, 1.54) is 5.56 Å². The van der Waals surface area contributed by atoms with E-state index in [1.807, 2.05) is 12.1 Å². The van der Waals surface area contributed by atoms with Gasteiger partial charge in [-0.3, -0.25) is 4.79 Å². The fourth-order valence-corrected chi connectivity index (χ4v) is 2.03. The molecule has 0 atom stereocenters. The predicted molar refractivity (Wildman–Crippen MR) is 77.4 cm³/mol. The van der Waals surface area contributed by atoms with Crippen LogP contribution in [0.5, 0.6) is 0 Å². The molecule has 0 spiro atoms. The zero-order valence-electron chi connectivity index (χ0n) is 11.8. The number of hydrogen-bond donors (Lipinski definition) is 1. The van der Waals surface area contributed by atoms with Gasteiger partial charge in [0, 0.05) is 28.1 Å². The Bertz CT molecular complexity index is 630. The van der Waals surface area contributed by atoms with Crippen molar-refractivity contribution in [1.82, 2.24) is 4.98 Å². The van der Waals surface area contributed by atoms with Crippen molar-refractivity contribution in [3.63, 3.8) is 0 Å². The minimum Gasteiger partial charge on any atom is -0.358 e. The minimum atomic E-state index is -0.0376. The van der Waals surface area contributed by atoms with Crippen molar-refractivity contribution >= 4 is 10.9 Å². The number of aromatic nitrogens is 1. The summed E-state index contributed by atoms with van der Waals surface area (Å²) in [4.78, 5) is 15.6. The fraction of sp³-hybridized carbons (Fsp3) is 0.438. The summed E-state index contributed by atoms with van der Waals surface area (Å²) in [6, 6.07) is 7.84. The molecule has 0 unspecified atom stereocenters. The SMILES string of the molecule is CC(C)c1ccc2[nH]c(C(C)(C)C)cc(=O)c2c1. The normalized spacial score (nSPS) is 12.3. The molecule has 1 N–H and O–H groups in total. The highest BCUT2D eigenvalue weighted by atomic mass is 16.1. The summed E-state index contributed by atoms with van der Waals surface area (Å²) in [5, 5.41) is 0.786. The Labute approximate surface area is 108 Å². The predicted octanol–water partition coefficient (Wildman–Crippen LogP) is 3.95. The molecule has 1 aromatic carbocycles. The monoisotopic (exact) mass is 243 g/mol. The largest absolute Gasteiger partial charge is 0.358 e. The van der Waals surface area contributed by atoms with E-state index in [9.17, 15) is 4.79 Å². The number of fused-ring (bicyclic) bond motifs is 1. The van der Waals surface area contributed by atoms with Crippen LogP contribution in [0.15, 0.2) is 29.1 Å². The van der Waals surface area contributed by atoms with E-state index in [1.54, 1.807) is 6.07 Å². The van der Waals surface area contributed by atoms with E-state index in [0.717, 1.165) is 16.6 Å². The minimum absolute atomic E-state index is 0.0376. The lowest BCUT2D eigenvalue weighted by atomic mass is 9.91. The molecular weight excluding hydrogens is 222 g/mol. The lowest BCUT2D eigenvalue weighted by Gasteiger charge is -2.19. The molecule has 0 aliphatic rings. The van der Waals surface area contributed by atoms with Crippen LogP contribution in [0.3, 0.4) is 0 Å². The first-order valence-corrected chi connectivity index (χ1v) is 6.46. The van der Waals surface area contributed by atoms with Crippen molar-refractivity contribution in [2.24, 2.45) is 0 Å². The van der Waals surface area contributed by atoms with Crippen LogP contribution in [-0.2, 0) is 5.41 Å². The van der Waals surface area contributed by atoms with Crippen molar-refractivity contribution in [3.8, 4) is 0 Å². The van der Waals surface area contributed by atoms with Gasteiger partial charge in [-0.25, -0.2) is 0 Å². The van der Waals surface area contributed by atoms with E-state index >= 15 is 0 Å². The van der Waals surface area contributed by atoms with E-state index in [-0.39, 0.29) is 10.8 Å². The van der Waals surface area contributed by atoms with Crippen LogP contribution < -0.4 is 5.43 Å². The van der Waals surface area contributed by atoms with Gasteiger partial charge in [-0.15, -0.1) is 0 Å². The second kappa shape index (κ2) is 4.27. The third-order valence-electron chi connectivity index (χ3n) is 3.33. The number of aromatic amines is 1. The first kappa shape index (κ1) is 12.9. The summed E-state index contributed by atoms with van der Waals surface area (Å²) >= 11 is 0. The summed E-state index contributed by atoms with van der Waals surface area (Å²) in [6.07, 6.45) is 0.